The fourth-order valence-corrected chi connectivity index (χ4v) is 1.04. The third-order valence-electron chi connectivity index (χ3n) is 1.49. The minimum atomic E-state index is -1.02. The summed E-state index contributed by atoms with van der Waals surface area (Å²) >= 11 is 3.99. The lowest BCUT2D eigenvalue weighted by Crippen LogP contribution is -2.54. The third kappa shape index (κ3) is 3.67. The second-order valence-electron chi connectivity index (χ2n) is 2.89. The number of carbonyl (C=O) groups excluding carboxylic acids is 2. The van der Waals surface area contributed by atoms with E-state index in [-0.39, 0.29) is 11.7 Å². The molecule has 0 spiro atoms. The van der Waals surface area contributed by atoms with Crippen molar-refractivity contribution in [3.05, 3.63) is 0 Å². The highest BCUT2D eigenvalue weighted by Gasteiger charge is 2.33. The van der Waals surface area contributed by atoms with Crippen LogP contribution in [0, 0.1) is 0 Å². The van der Waals surface area contributed by atoms with Crippen molar-refractivity contribution < 1.29 is 14.3 Å². The number of hydrogen-bond donors (Lipinski definition) is 2. The SMILES string of the molecule is CCOC(=O)C(C)(CS)NC(C)=O. The lowest BCUT2D eigenvalue weighted by atomic mass is 10.1. The van der Waals surface area contributed by atoms with E-state index in [2.05, 4.69) is 17.9 Å². The van der Waals surface area contributed by atoms with Crippen LogP contribution in [-0.2, 0) is 14.3 Å². The van der Waals surface area contributed by atoms with E-state index in [1.165, 1.54) is 6.92 Å². The van der Waals surface area contributed by atoms with E-state index in [1.807, 2.05) is 0 Å². The van der Waals surface area contributed by atoms with Gasteiger partial charge in [-0.3, -0.25) is 4.79 Å². The van der Waals surface area contributed by atoms with E-state index in [9.17, 15) is 9.59 Å². The fraction of sp³-hybridized carbons (Fsp3) is 0.750. The number of esters is 1. The number of ether oxygens (including phenoxy) is 1. The van der Waals surface area contributed by atoms with Crippen LogP contribution in [0.5, 0.6) is 0 Å². The second-order valence-corrected chi connectivity index (χ2v) is 3.21. The number of carbonyl (C=O) groups is 2. The average molecular weight is 205 g/mol. The molecule has 4 nitrogen and oxygen atoms in total. The van der Waals surface area contributed by atoms with Crippen LogP contribution in [0.2, 0.25) is 0 Å². The van der Waals surface area contributed by atoms with Crippen LogP contribution in [0.1, 0.15) is 20.8 Å². The molecule has 0 rings (SSSR count). The molecule has 76 valence electrons. The Balaban J connectivity index is 4.42. The van der Waals surface area contributed by atoms with Crippen LogP contribution >= 0.6 is 12.6 Å². The molecule has 0 fully saturated rings. The summed E-state index contributed by atoms with van der Waals surface area (Å²) in [6.45, 7) is 4.94. The highest BCUT2D eigenvalue weighted by Crippen LogP contribution is 2.08. The van der Waals surface area contributed by atoms with Crippen LogP contribution in [0.15, 0.2) is 0 Å². The molecule has 5 heteroatoms. The minimum absolute atomic E-state index is 0.214. The molecule has 0 aromatic rings. The Kier molecular flexibility index (Phi) is 4.83. The first-order valence-electron chi connectivity index (χ1n) is 4.03. The van der Waals surface area contributed by atoms with Crippen molar-refractivity contribution >= 4 is 24.5 Å². The van der Waals surface area contributed by atoms with E-state index in [0.29, 0.717) is 6.61 Å². The van der Waals surface area contributed by atoms with Gasteiger partial charge in [0.05, 0.1) is 6.61 Å². The van der Waals surface area contributed by atoms with Crippen LogP contribution in [0.4, 0.5) is 0 Å². The van der Waals surface area contributed by atoms with Crippen molar-refractivity contribution in [1.82, 2.24) is 5.32 Å². The highest BCUT2D eigenvalue weighted by atomic mass is 32.1. The molecule has 0 aliphatic carbocycles. The average Bonchev–Trinajstić information content (AvgIpc) is 2.03. The van der Waals surface area contributed by atoms with Crippen LogP contribution in [-0.4, -0.2) is 29.8 Å². The van der Waals surface area contributed by atoms with E-state index < -0.39 is 11.5 Å². The van der Waals surface area contributed by atoms with E-state index >= 15 is 0 Å². The van der Waals surface area contributed by atoms with Crippen LogP contribution in [0.25, 0.3) is 0 Å². The zero-order valence-corrected chi connectivity index (χ0v) is 8.98. The van der Waals surface area contributed by atoms with Gasteiger partial charge in [-0.05, 0) is 13.8 Å². The number of rotatable bonds is 4. The summed E-state index contributed by atoms with van der Waals surface area (Å²) in [5.74, 6) is -0.518. The van der Waals surface area contributed by atoms with Crippen LogP contribution < -0.4 is 5.32 Å². The van der Waals surface area contributed by atoms with Crippen molar-refractivity contribution in [2.24, 2.45) is 0 Å². The molecule has 13 heavy (non-hydrogen) atoms. The van der Waals surface area contributed by atoms with Gasteiger partial charge >= 0.3 is 5.97 Å². The topological polar surface area (TPSA) is 55.4 Å². The Hall–Kier alpha value is -0.710. The minimum Gasteiger partial charge on any atom is -0.464 e. The molecular weight excluding hydrogens is 190 g/mol. The molecule has 1 amide bonds. The van der Waals surface area contributed by atoms with Crippen molar-refractivity contribution in [3.63, 3.8) is 0 Å². The van der Waals surface area contributed by atoms with Gasteiger partial charge in [-0.15, -0.1) is 0 Å². The largest absolute Gasteiger partial charge is 0.464 e. The first kappa shape index (κ1) is 12.3. The summed E-state index contributed by atoms with van der Waals surface area (Å²) in [7, 11) is 0. The maximum Gasteiger partial charge on any atom is 0.332 e. The Labute approximate surface area is 83.4 Å². The van der Waals surface area contributed by atoms with Gasteiger partial charge in [-0.1, -0.05) is 0 Å². The molecule has 0 saturated carbocycles. The standard InChI is InChI=1S/C8H15NO3S/c1-4-12-7(11)8(3,5-13)9-6(2)10/h13H,4-5H2,1-3H3,(H,9,10). The Morgan fingerprint density at radius 2 is 2.08 bits per heavy atom. The maximum atomic E-state index is 11.3. The summed E-state index contributed by atoms with van der Waals surface area (Å²) in [4.78, 5) is 22.1. The number of amides is 1. The van der Waals surface area contributed by atoms with Crippen molar-refractivity contribution in [3.8, 4) is 0 Å². The summed E-state index contributed by atoms with van der Waals surface area (Å²) in [5.41, 5.74) is -1.02. The predicted molar refractivity (Wildman–Crippen MR) is 52.7 cm³/mol. The van der Waals surface area contributed by atoms with E-state index in [0.717, 1.165) is 0 Å². The zero-order chi connectivity index (χ0) is 10.5. The van der Waals surface area contributed by atoms with Gasteiger partial charge in [0.1, 0.15) is 5.54 Å². The smallest absolute Gasteiger partial charge is 0.332 e. The fourth-order valence-electron chi connectivity index (χ4n) is 0.834. The molecule has 1 N–H and O–H groups in total. The first-order valence-corrected chi connectivity index (χ1v) is 4.66. The van der Waals surface area contributed by atoms with Gasteiger partial charge < -0.3 is 10.1 Å². The normalized spacial score (nSPS) is 14.5. The lowest BCUT2D eigenvalue weighted by molar-refractivity contribution is -0.151. The summed E-state index contributed by atoms with van der Waals surface area (Å²) in [6, 6.07) is 0. The van der Waals surface area contributed by atoms with Gasteiger partial charge in [-0.25, -0.2) is 4.79 Å². The Morgan fingerprint density at radius 1 is 1.54 bits per heavy atom. The maximum absolute atomic E-state index is 11.3. The summed E-state index contributed by atoms with van der Waals surface area (Å²) in [5, 5.41) is 2.50. The van der Waals surface area contributed by atoms with Crippen molar-refractivity contribution in [1.29, 1.82) is 0 Å². The van der Waals surface area contributed by atoms with E-state index in [4.69, 9.17) is 4.74 Å². The van der Waals surface area contributed by atoms with Gasteiger partial charge in [0, 0.05) is 12.7 Å². The van der Waals surface area contributed by atoms with E-state index in [1.54, 1.807) is 13.8 Å². The number of nitrogens with one attached hydrogen (secondary N) is 1. The third-order valence-corrected chi connectivity index (χ3v) is 2.13. The van der Waals surface area contributed by atoms with Crippen molar-refractivity contribution in [2.75, 3.05) is 12.4 Å². The highest BCUT2D eigenvalue weighted by molar-refractivity contribution is 7.80. The van der Waals surface area contributed by atoms with Gasteiger partial charge in [0.15, 0.2) is 0 Å². The number of thiol groups is 1. The molecule has 0 aromatic heterocycles. The van der Waals surface area contributed by atoms with Gasteiger partial charge in [0.2, 0.25) is 5.91 Å². The molecule has 1 atom stereocenters. The second kappa shape index (κ2) is 5.11. The number of hydrogen-bond acceptors (Lipinski definition) is 4. The molecule has 0 saturated heterocycles. The Bertz CT molecular complexity index is 208. The van der Waals surface area contributed by atoms with Crippen LogP contribution in [0.3, 0.4) is 0 Å². The molecule has 0 heterocycles. The van der Waals surface area contributed by atoms with Crippen molar-refractivity contribution in [2.45, 2.75) is 26.3 Å². The predicted octanol–water partition coefficient (Wildman–Crippen LogP) is 0.374. The molecule has 0 bridgehead atoms. The molecule has 0 aliphatic heterocycles. The quantitative estimate of drug-likeness (QED) is 0.515. The molecule has 0 aromatic carbocycles. The summed E-state index contributed by atoms with van der Waals surface area (Å²) in [6.07, 6.45) is 0. The van der Waals surface area contributed by atoms with Gasteiger partial charge in [0.25, 0.3) is 0 Å². The summed E-state index contributed by atoms with van der Waals surface area (Å²) < 4.78 is 4.80. The lowest BCUT2D eigenvalue weighted by Gasteiger charge is -2.25. The molecular formula is C8H15NO3S. The molecule has 1 unspecified atom stereocenters. The zero-order valence-electron chi connectivity index (χ0n) is 8.09. The van der Waals surface area contributed by atoms with Gasteiger partial charge in [-0.2, -0.15) is 12.6 Å². The monoisotopic (exact) mass is 205 g/mol. The first-order chi connectivity index (χ1) is 5.96. The molecule has 0 radical (unpaired) electrons. The molecule has 0 aliphatic rings. The Morgan fingerprint density at radius 3 is 2.38 bits per heavy atom.